The lowest BCUT2D eigenvalue weighted by Crippen LogP contribution is -2.41. The van der Waals surface area contributed by atoms with Crippen LogP contribution in [0.3, 0.4) is 0 Å². The van der Waals surface area contributed by atoms with Gasteiger partial charge in [-0.05, 0) is 19.4 Å². The van der Waals surface area contributed by atoms with E-state index >= 15 is 0 Å². The van der Waals surface area contributed by atoms with Crippen LogP contribution >= 0.6 is 11.3 Å². The summed E-state index contributed by atoms with van der Waals surface area (Å²) in [7, 11) is 1.52. The van der Waals surface area contributed by atoms with Crippen molar-refractivity contribution in [1.82, 2.24) is 10.2 Å². The molecule has 1 fully saturated rings. The number of carbonyl (C=O) groups excluding carboxylic acids is 3. The molecule has 2 heterocycles. The third-order valence-electron chi connectivity index (χ3n) is 3.78. The first kappa shape index (κ1) is 19.4. The van der Waals surface area contributed by atoms with Crippen LogP contribution in [0.15, 0.2) is 0 Å². The molecule has 2 N–H and O–H groups in total. The maximum atomic E-state index is 12.3. The van der Waals surface area contributed by atoms with Crippen molar-refractivity contribution in [3.8, 4) is 0 Å². The summed E-state index contributed by atoms with van der Waals surface area (Å²) >= 11 is 1.08. The van der Waals surface area contributed by atoms with Crippen LogP contribution in [0.1, 0.15) is 32.5 Å². The number of anilines is 1. The molecule has 1 aromatic rings. The largest absolute Gasteiger partial charge is 0.462 e. The monoisotopic (exact) mass is 369 g/mol. The summed E-state index contributed by atoms with van der Waals surface area (Å²) in [6.07, 6.45) is 0. The minimum Gasteiger partial charge on any atom is -0.462 e. The Morgan fingerprint density at radius 3 is 2.56 bits per heavy atom. The average molecular weight is 369 g/mol. The quantitative estimate of drug-likeness (QED) is 0.722. The normalized spacial score (nSPS) is 14.8. The number of carbonyl (C=O) groups is 3. The van der Waals surface area contributed by atoms with E-state index in [0.717, 1.165) is 11.3 Å². The standard InChI is InChI=1S/C16H23N3O5S/c1-4-24-16(22)12-10(2)13(14(21)17-3)25-15(12)18-11(20)9-19-5-7-23-8-6-19/h4-9H2,1-3H3,(H,17,21)(H,18,20). The third-order valence-corrected chi connectivity index (χ3v) is 4.99. The lowest BCUT2D eigenvalue weighted by atomic mass is 10.1. The van der Waals surface area contributed by atoms with Gasteiger partial charge in [0, 0.05) is 20.1 Å². The van der Waals surface area contributed by atoms with E-state index in [-0.39, 0.29) is 30.5 Å². The van der Waals surface area contributed by atoms with Crippen LogP contribution in [0.2, 0.25) is 0 Å². The zero-order chi connectivity index (χ0) is 18.4. The highest BCUT2D eigenvalue weighted by Crippen LogP contribution is 2.33. The SMILES string of the molecule is CCOC(=O)c1c(NC(=O)CN2CCOCC2)sc(C(=O)NC)c1C. The Hall–Kier alpha value is -1.97. The van der Waals surface area contributed by atoms with Gasteiger partial charge < -0.3 is 20.1 Å². The van der Waals surface area contributed by atoms with Gasteiger partial charge in [0.1, 0.15) is 5.00 Å². The first-order chi connectivity index (χ1) is 12.0. The predicted molar refractivity (Wildman–Crippen MR) is 94.3 cm³/mol. The number of nitrogens with one attached hydrogen (secondary N) is 2. The number of hydrogen-bond donors (Lipinski definition) is 2. The van der Waals surface area contributed by atoms with Crippen LogP contribution in [0.25, 0.3) is 0 Å². The third kappa shape index (κ3) is 4.77. The second-order valence-corrected chi connectivity index (χ2v) is 6.52. The molecule has 0 saturated carbocycles. The van der Waals surface area contributed by atoms with Gasteiger partial charge in [0.2, 0.25) is 5.91 Å². The van der Waals surface area contributed by atoms with Crippen molar-refractivity contribution in [2.24, 2.45) is 0 Å². The second kappa shape index (κ2) is 8.93. The molecular weight excluding hydrogens is 346 g/mol. The van der Waals surface area contributed by atoms with Crippen molar-refractivity contribution in [3.63, 3.8) is 0 Å². The highest BCUT2D eigenvalue weighted by atomic mass is 32.1. The number of nitrogens with zero attached hydrogens (tertiary/aromatic N) is 1. The molecule has 2 amide bonds. The fourth-order valence-corrected chi connectivity index (χ4v) is 3.67. The summed E-state index contributed by atoms with van der Waals surface area (Å²) in [5.41, 5.74) is 0.741. The molecular formula is C16H23N3O5S. The molecule has 9 heteroatoms. The second-order valence-electron chi connectivity index (χ2n) is 5.50. The van der Waals surface area contributed by atoms with Crippen molar-refractivity contribution in [2.75, 3.05) is 51.8 Å². The molecule has 0 aromatic carbocycles. The zero-order valence-corrected chi connectivity index (χ0v) is 15.5. The van der Waals surface area contributed by atoms with Crippen LogP contribution in [-0.2, 0) is 14.3 Å². The molecule has 2 rings (SSSR count). The summed E-state index contributed by atoms with van der Waals surface area (Å²) in [5.74, 6) is -1.09. The summed E-state index contributed by atoms with van der Waals surface area (Å²) in [6, 6.07) is 0. The van der Waals surface area contributed by atoms with E-state index in [9.17, 15) is 14.4 Å². The van der Waals surface area contributed by atoms with Crippen molar-refractivity contribution < 1.29 is 23.9 Å². The highest BCUT2D eigenvalue weighted by Gasteiger charge is 2.26. The number of morpholine rings is 1. The van der Waals surface area contributed by atoms with Crippen LogP contribution in [-0.4, -0.2) is 69.2 Å². The van der Waals surface area contributed by atoms with E-state index < -0.39 is 5.97 Å². The molecule has 1 saturated heterocycles. The topological polar surface area (TPSA) is 97.0 Å². The van der Waals surface area contributed by atoms with E-state index in [0.29, 0.717) is 41.7 Å². The van der Waals surface area contributed by atoms with Gasteiger partial charge in [-0.3, -0.25) is 14.5 Å². The fourth-order valence-electron chi connectivity index (χ4n) is 2.51. The number of ether oxygens (including phenoxy) is 2. The minimum atomic E-state index is -0.548. The zero-order valence-electron chi connectivity index (χ0n) is 14.6. The summed E-state index contributed by atoms with van der Waals surface area (Å²) in [4.78, 5) is 38.9. The van der Waals surface area contributed by atoms with E-state index in [4.69, 9.17) is 9.47 Å². The van der Waals surface area contributed by atoms with Gasteiger partial charge in [-0.25, -0.2) is 4.79 Å². The molecule has 0 aliphatic carbocycles. The first-order valence-electron chi connectivity index (χ1n) is 8.10. The van der Waals surface area contributed by atoms with Gasteiger partial charge in [-0.2, -0.15) is 0 Å². The Morgan fingerprint density at radius 2 is 1.96 bits per heavy atom. The average Bonchev–Trinajstić information content (AvgIpc) is 2.91. The van der Waals surface area contributed by atoms with E-state index in [1.165, 1.54) is 7.05 Å². The summed E-state index contributed by atoms with van der Waals surface area (Å²) in [5, 5.41) is 5.63. The van der Waals surface area contributed by atoms with Gasteiger partial charge >= 0.3 is 5.97 Å². The molecule has 0 atom stereocenters. The molecule has 0 spiro atoms. The van der Waals surface area contributed by atoms with Crippen molar-refractivity contribution >= 4 is 34.1 Å². The Bertz CT molecular complexity index is 652. The summed E-state index contributed by atoms with van der Waals surface area (Å²) < 4.78 is 10.3. The Morgan fingerprint density at radius 1 is 1.28 bits per heavy atom. The van der Waals surface area contributed by atoms with Crippen LogP contribution in [0.5, 0.6) is 0 Å². The van der Waals surface area contributed by atoms with Gasteiger partial charge in [0.15, 0.2) is 0 Å². The molecule has 25 heavy (non-hydrogen) atoms. The molecule has 1 aliphatic rings. The van der Waals surface area contributed by atoms with Gasteiger partial charge in [-0.1, -0.05) is 0 Å². The molecule has 1 aromatic heterocycles. The number of esters is 1. The lowest BCUT2D eigenvalue weighted by molar-refractivity contribution is -0.118. The minimum absolute atomic E-state index is 0.206. The van der Waals surface area contributed by atoms with Crippen LogP contribution < -0.4 is 10.6 Å². The molecule has 138 valence electrons. The van der Waals surface area contributed by atoms with Gasteiger partial charge in [0.05, 0.1) is 36.8 Å². The van der Waals surface area contributed by atoms with E-state index in [2.05, 4.69) is 10.6 Å². The first-order valence-corrected chi connectivity index (χ1v) is 8.92. The van der Waals surface area contributed by atoms with Gasteiger partial charge in [0.25, 0.3) is 5.91 Å². The van der Waals surface area contributed by atoms with Crippen LogP contribution in [0, 0.1) is 6.92 Å². The molecule has 0 unspecified atom stereocenters. The Balaban J connectivity index is 2.20. The molecule has 0 bridgehead atoms. The number of amides is 2. The predicted octanol–water partition coefficient (Wildman–Crippen LogP) is 0.864. The number of hydrogen-bond acceptors (Lipinski definition) is 7. The Kier molecular flexibility index (Phi) is 6.91. The smallest absolute Gasteiger partial charge is 0.341 e. The lowest BCUT2D eigenvalue weighted by Gasteiger charge is -2.25. The molecule has 0 radical (unpaired) electrons. The van der Waals surface area contributed by atoms with Crippen molar-refractivity contribution in [2.45, 2.75) is 13.8 Å². The van der Waals surface area contributed by atoms with Crippen molar-refractivity contribution in [1.29, 1.82) is 0 Å². The molecule has 8 nitrogen and oxygen atoms in total. The Labute approximate surface area is 150 Å². The number of thiophene rings is 1. The fraction of sp³-hybridized carbons (Fsp3) is 0.562. The van der Waals surface area contributed by atoms with Crippen LogP contribution in [0.4, 0.5) is 5.00 Å². The summed E-state index contributed by atoms with van der Waals surface area (Å²) in [6.45, 7) is 6.36. The maximum absolute atomic E-state index is 12.3. The van der Waals surface area contributed by atoms with E-state index in [1.807, 2.05) is 4.90 Å². The van der Waals surface area contributed by atoms with Gasteiger partial charge in [-0.15, -0.1) is 11.3 Å². The highest BCUT2D eigenvalue weighted by molar-refractivity contribution is 7.18. The van der Waals surface area contributed by atoms with E-state index in [1.54, 1.807) is 13.8 Å². The maximum Gasteiger partial charge on any atom is 0.341 e. The molecule has 1 aliphatic heterocycles. The number of rotatable bonds is 6. The van der Waals surface area contributed by atoms with Crippen molar-refractivity contribution in [3.05, 3.63) is 16.0 Å².